The lowest BCUT2D eigenvalue weighted by molar-refractivity contribution is 0.0890. The van der Waals surface area contributed by atoms with Crippen LogP contribution in [0.25, 0.3) is 0 Å². The third-order valence-corrected chi connectivity index (χ3v) is 3.24. The highest BCUT2D eigenvalue weighted by atomic mass is 16.5. The Hall–Kier alpha value is -1.56. The van der Waals surface area contributed by atoms with Gasteiger partial charge in [0.15, 0.2) is 11.6 Å². The number of aromatic nitrogens is 2. The second kappa shape index (κ2) is 5.86. The number of hydrogen-bond acceptors (Lipinski definition) is 6. The summed E-state index contributed by atoms with van der Waals surface area (Å²) >= 11 is 0. The lowest BCUT2D eigenvalue weighted by Gasteiger charge is -2.33. The van der Waals surface area contributed by atoms with Crippen LogP contribution in [0.3, 0.4) is 0 Å². The van der Waals surface area contributed by atoms with Gasteiger partial charge in [-0.15, -0.1) is 0 Å². The fourth-order valence-electron chi connectivity index (χ4n) is 2.28. The normalized spacial score (nSPS) is 19.7. The molecule has 1 aromatic rings. The molecule has 0 saturated carbocycles. The molecule has 0 spiro atoms. The monoisotopic (exact) mass is 252 g/mol. The van der Waals surface area contributed by atoms with Crippen molar-refractivity contribution in [2.45, 2.75) is 18.9 Å². The van der Waals surface area contributed by atoms with Gasteiger partial charge < -0.3 is 19.7 Å². The lowest BCUT2D eigenvalue weighted by atomic mass is 10.1. The number of nitrogens with zero attached hydrogens (tertiary/aromatic N) is 3. The van der Waals surface area contributed by atoms with Crippen LogP contribution < -0.4 is 15.0 Å². The van der Waals surface area contributed by atoms with Crippen LogP contribution in [0, 0.1) is 0 Å². The van der Waals surface area contributed by atoms with Crippen molar-refractivity contribution in [1.29, 1.82) is 0 Å². The van der Waals surface area contributed by atoms with Gasteiger partial charge >= 0.3 is 0 Å². The van der Waals surface area contributed by atoms with Gasteiger partial charge in [-0.05, 0) is 12.8 Å². The second-order valence-corrected chi connectivity index (χ2v) is 4.28. The molecule has 0 amide bonds. The van der Waals surface area contributed by atoms with Crippen molar-refractivity contribution in [3.63, 3.8) is 0 Å². The zero-order valence-electron chi connectivity index (χ0n) is 11.1. The summed E-state index contributed by atoms with van der Waals surface area (Å²) in [5, 5.41) is 3.02. The van der Waals surface area contributed by atoms with E-state index >= 15 is 0 Å². The van der Waals surface area contributed by atoms with Gasteiger partial charge in [0.2, 0.25) is 5.75 Å². The molecule has 6 nitrogen and oxygen atoms in total. The van der Waals surface area contributed by atoms with Crippen molar-refractivity contribution in [2.75, 3.05) is 44.6 Å². The molecule has 18 heavy (non-hydrogen) atoms. The highest BCUT2D eigenvalue weighted by Gasteiger charge is 2.24. The smallest absolute Gasteiger partial charge is 0.204 e. The molecule has 2 heterocycles. The first kappa shape index (κ1) is 12.9. The molecule has 0 radical (unpaired) electrons. The zero-order chi connectivity index (χ0) is 13.0. The molecule has 1 N–H and O–H groups in total. The highest BCUT2D eigenvalue weighted by Crippen LogP contribution is 2.33. The molecule has 100 valence electrons. The zero-order valence-corrected chi connectivity index (χ0v) is 11.1. The van der Waals surface area contributed by atoms with Crippen LogP contribution in [0.4, 0.5) is 11.6 Å². The van der Waals surface area contributed by atoms with Gasteiger partial charge in [0.25, 0.3) is 0 Å². The average molecular weight is 252 g/mol. The van der Waals surface area contributed by atoms with E-state index in [-0.39, 0.29) is 6.10 Å². The number of nitrogens with one attached hydrogen (secondary N) is 1. The maximum absolute atomic E-state index is 5.43. The molecule has 0 aromatic carbocycles. The molecule has 1 atom stereocenters. The third-order valence-electron chi connectivity index (χ3n) is 3.24. The molecule has 1 aromatic heterocycles. The van der Waals surface area contributed by atoms with Crippen LogP contribution in [-0.2, 0) is 4.74 Å². The third kappa shape index (κ3) is 2.48. The van der Waals surface area contributed by atoms with Gasteiger partial charge in [0.05, 0.1) is 13.2 Å². The quantitative estimate of drug-likeness (QED) is 0.867. The Morgan fingerprint density at radius 3 is 2.89 bits per heavy atom. The Balaban J connectivity index is 2.26. The number of ether oxygens (including phenoxy) is 2. The topological polar surface area (TPSA) is 59.5 Å². The molecule has 0 bridgehead atoms. The van der Waals surface area contributed by atoms with Crippen molar-refractivity contribution in [2.24, 2.45) is 0 Å². The molecule has 1 saturated heterocycles. The van der Waals surface area contributed by atoms with Crippen LogP contribution in [0.2, 0.25) is 0 Å². The first-order valence-electron chi connectivity index (χ1n) is 6.14. The van der Waals surface area contributed by atoms with E-state index < -0.39 is 0 Å². The van der Waals surface area contributed by atoms with Crippen LogP contribution in [0.5, 0.6) is 5.75 Å². The van der Waals surface area contributed by atoms with Gasteiger partial charge in [-0.2, -0.15) is 0 Å². The Morgan fingerprint density at radius 1 is 1.39 bits per heavy atom. The second-order valence-electron chi connectivity index (χ2n) is 4.28. The van der Waals surface area contributed by atoms with Crippen molar-refractivity contribution in [3.8, 4) is 5.75 Å². The largest absolute Gasteiger partial charge is 0.490 e. The fraction of sp³-hybridized carbons (Fsp3) is 0.667. The molecule has 1 aliphatic heterocycles. The first-order valence-corrected chi connectivity index (χ1v) is 6.14. The summed E-state index contributed by atoms with van der Waals surface area (Å²) in [5.41, 5.74) is 0. The predicted octanol–water partition coefficient (Wildman–Crippen LogP) is 1.14. The minimum absolute atomic E-state index is 0.261. The maximum Gasteiger partial charge on any atom is 0.204 e. The van der Waals surface area contributed by atoms with Gasteiger partial charge in [0, 0.05) is 27.2 Å². The summed E-state index contributed by atoms with van der Waals surface area (Å²) in [6.07, 6.45) is 4.01. The summed E-state index contributed by atoms with van der Waals surface area (Å²) < 4.78 is 10.9. The van der Waals surface area contributed by atoms with E-state index in [4.69, 9.17) is 9.47 Å². The van der Waals surface area contributed by atoms with Crippen LogP contribution in [0.15, 0.2) is 6.33 Å². The van der Waals surface area contributed by atoms with E-state index in [2.05, 4.69) is 20.2 Å². The standard InChI is InChI=1S/C12H20N4O2/c1-13-11-10(18-3)12(15-8-14-11)16-6-4-5-9(7-16)17-2/h8-9H,4-7H2,1-3H3,(H,13,14,15). The Bertz CT molecular complexity index is 400. The minimum Gasteiger partial charge on any atom is -0.490 e. The number of anilines is 2. The molecule has 1 fully saturated rings. The van der Waals surface area contributed by atoms with Crippen LogP contribution in [-0.4, -0.2) is 50.4 Å². The fourth-order valence-corrected chi connectivity index (χ4v) is 2.28. The highest BCUT2D eigenvalue weighted by molar-refractivity contribution is 5.64. The molecule has 2 rings (SSSR count). The van der Waals surface area contributed by atoms with E-state index in [1.54, 1.807) is 20.5 Å². The Kier molecular flexibility index (Phi) is 4.19. The number of methoxy groups -OCH3 is 2. The summed E-state index contributed by atoms with van der Waals surface area (Å²) in [7, 11) is 5.22. The van der Waals surface area contributed by atoms with Gasteiger partial charge in [0.1, 0.15) is 6.33 Å². The molecule has 6 heteroatoms. The Morgan fingerprint density at radius 2 is 2.22 bits per heavy atom. The van der Waals surface area contributed by atoms with E-state index in [9.17, 15) is 0 Å². The minimum atomic E-state index is 0.261. The average Bonchev–Trinajstić information content (AvgIpc) is 2.46. The van der Waals surface area contributed by atoms with Gasteiger partial charge in [-0.25, -0.2) is 9.97 Å². The van der Waals surface area contributed by atoms with Gasteiger partial charge in [-0.1, -0.05) is 0 Å². The number of rotatable bonds is 4. The SMILES string of the molecule is CNc1ncnc(N2CCCC(OC)C2)c1OC. The number of piperidine rings is 1. The molecule has 1 unspecified atom stereocenters. The van der Waals surface area contributed by atoms with E-state index in [0.717, 1.165) is 31.7 Å². The van der Waals surface area contributed by atoms with E-state index in [0.29, 0.717) is 11.6 Å². The predicted molar refractivity (Wildman–Crippen MR) is 70.4 cm³/mol. The molecule has 0 aliphatic carbocycles. The molecule has 1 aliphatic rings. The molecular weight excluding hydrogens is 232 g/mol. The van der Waals surface area contributed by atoms with Crippen LogP contribution in [0.1, 0.15) is 12.8 Å². The van der Waals surface area contributed by atoms with Gasteiger partial charge in [-0.3, -0.25) is 0 Å². The Labute approximate surface area is 107 Å². The lowest BCUT2D eigenvalue weighted by Crippen LogP contribution is -2.40. The summed E-state index contributed by atoms with van der Waals surface area (Å²) in [6, 6.07) is 0. The summed E-state index contributed by atoms with van der Waals surface area (Å²) in [5.74, 6) is 2.23. The van der Waals surface area contributed by atoms with Crippen LogP contribution >= 0.6 is 0 Å². The summed E-state index contributed by atoms with van der Waals surface area (Å²) in [4.78, 5) is 10.7. The van der Waals surface area contributed by atoms with Crippen molar-refractivity contribution in [3.05, 3.63) is 6.33 Å². The van der Waals surface area contributed by atoms with Crippen molar-refractivity contribution >= 4 is 11.6 Å². The maximum atomic E-state index is 5.43. The van der Waals surface area contributed by atoms with Crippen molar-refractivity contribution in [1.82, 2.24) is 9.97 Å². The van der Waals surface area contributed by atoms with Crippen molar-refractivity contribution < 1.29 is 9.47 Å². The number of hydrogen-bond donors (Lipinski definition) is 1. The summed E-state index contributed by atoms with van der Waals surface area (Å²) in [6.45, 7) is 1.81. The molecular formula is C12H20N4O2. The van der Waals surface area contributed by atoms with E-state index in [1.165, 1.54) is 0 Å². The van der Waals surface area contributed by atoms with E-state index in [1.807, 2.05) is 7.05 Å². The first-order chi connectivity index (χ1) is 8.80.